The second-order valence-electron chi connectivity index (χ2n) is 6.36. The molecule has 1 aliphatic rings. The molecule has 0 amide bonds. The lowest BCUT2D eigenvalue weighted by atomic mass is 9.86. The van der Waals surface area contributed by atoms with E-state index in [1.807, 2.05) is 55.5 Å². The van der Waals surface area contributed by atoms with E-state index in [1.165, 1.54) is 0 Å². The Hall–Kier alpha value is -3.08. The summed E-state index contributed by atoms with van der Waals surface area (Å²) in [5.41, 5.74) is 2.05. The molecule has 2 aromatic carbocycles. The van der Waals surface area contributed by atoms with Crippen molar-refractivity contribution in [2.24, 2.45) is 7.05 Å². The molecule has 5 nitrogen and oxygen atoms in total. The lowest BCUT2D eigenvalue weighted by Crippen LogP contribution is -2.31. The average molecular weight is 349 g/mol. The molecule has 0 bridgehead atoms. The summed E-state index contributed by atoms with van der Waals surface area (Å²) in [5, 5.41) is 0.772. The highest BCUT2D eigenvalue weighted by molar-refractivity contribution is 5.91. The van der Waals surface area contributed by atoms with Crippen LogP contribution < -0.4 is 15.0 Å². The van der Waals surface area contributed by atoms with Crippen molar-refractivity contribution in [3.63, 3.8) is 0 Å². The Labute approximate surface area is 150 Å². The van der Waals surface area contributed by atoms with Crippen molar-refractivity contribution < 1.29 is 14.3 Å². The van der Waals surface area contributed by atoms with Crippen molar-refractivity contribution in [1.82, 2.24) is 4.57 Å². The van der Waals surface area contributed by atoms with Gasteiger partial charge in [0.05, 0.1) is 24.1 Å². The Kier molecular flexibility index (Phi) is 3.99. The van der Waals surface area contributed by atoms with E-state index in [9.17, 15) is 9.59 Å². The molecule has 26 heavy (non-hydrogen) atoms. The maximum Gasteiger partial charge on any atom is 0.312 e. The Morgan fingerprint density at radius 3 is 2.58 bits per heavy atom. The number of esters is 1. The van der Waals surface area contributed by atoms with Crippen molar-refractivity contribution in [3.05, 3.63) is 70.0 Å². The van der Waals surface area contributed by atoms with Crippen molar-refractivity contribution in [2.75, 3.05) is 6.61 Å². The molecule has 4 rings (SSSR count). The van der Waals surface area contributed by atoms with E-state index >= 15 is 0 Å². The van der Waals surface area contributed by atoms with E-state index in [4.69, 9.17) is 9.47 Å². The van der Waals surface area contributed by atoms with Crippen molar-refractivity contribution in [1.29, 1.82) is 0 Å². The number of aryl methyl sites for hydroxylation is 1. The van der Waals surface area contributed by atoms with Crippen LogP contribution in [-0.4, -0.2) is 17.1 Å². The van der Waals surface area contributed by atoms with Crippen LogP contribution in [0.15, 0.2) is 53.3 Å². The van der Waals surface area contributed by atoms with Gasteiger partial charge in [0.15, 0.2) is 0 Å². The molecule has 1 aliphatic heterocycles. The Bertz CT molecular complexity index is 1050. The Morgan fingerprint density at radius 1 is 1.12 bits per heavy atom. The number of rotatable bonds is 3. The van der Waals surface area contributed by atoms with E-state index in [2.05, 4.69) is 0 Å². The number of carbonyl (C=O) groups is 1. The van der Waals surface area contributed by atoms with Crippen LogP contribution in [0.4, 0.5) is 0 Å². The second kappa shape index (κ2) is 6.33. The average Bonchev–Trinajstić information content (AvgIpc) is 2.66. The van der Waals surface area contributed by atoms with Gasteiger partial charge in [-0.3, -0.25) is 9.59 Å². The van der Waals surface area contributed by atoms with Crippen LogP contribution in [0.1, 0.15) is 30.4 Å². The molecule has 1 aromatic heterocycles. The van der Waals surface area contributed by atoms with Crippen molar-refractivity contribution >= 4 is 16.9 Å². The summed E-state index contributed by atoms with van der Waals surface area (Å²) < 4.78 is 12.6. The fourth-order valence-electron chi connectivity index (χ4n) is 3.58. The monoisotopic (exact) mass is 349 g/mol. The molecule has 0 saturated carbocycles. The van der Waals surface area contributed by atoms with Gasteiger partial charge >= 0.3 is 5.97 Å². The van der Waals surface area contributed by atoms with Gasteiger partial charge in [-0.15, -0.1) is 0 Å². The van der Waals surface area contributed by atoms with Gasteiger partial charge in [0.25, 0.3) is 5.56 Å². The fraction of sp³-hybridized carbons (Fsp3) is 0.238. The number of benzene rings is 2. The quantitative estimate of drug-likeness (QED) is 0.680. The predicted octanol–water partition coefficient (Wildman–Crippen LogP) is 3.38. The van der Waals surface area contributed by atoms with Gasteiger partial charge in [-0.05, 0) is 36.8 Å². The molecule has 0 aliphatic carbocycles. The van der Waals surface area contributed by atoms with Crippen LogP contribution in [-0.2, 0) is 11.8 Å². The third-order valence-electron chi connectivity index (χ3n) is 4.82. The summed E-state index contributed by atoms with van der Waals surface area (Å²) in [6.45, 7) is 2.51. The SMILES string of the molecule is CCOc1ccc(C2CC(=O)Oc3c2c(=O)n(C)c2ccccc32)cc1. The lowest BCUT2D eigenvalue weighted by Gasteiger charge is -2.26. The number of hydrogen-bond acceptors (Lipinski definition) is 4. The standard InChI is InChI=1S/C21H19NO4/c1-3-25-14-10-8-13(9-11-14)16-12-18(23)26-20-15-6-4-5-7-17(15)22(2)21(24)19(16)20/h4-11,16H,3,12H2,1-2H3. The number of fused-ring (bicyclic) bond motifs is 3. The number of para-hydroxylation sites is 1. The molecule has 1 atom stereocenters. The number of ether oxygens (including phenoxy) is 2. The first-order valence-electron chi connectivity index (χ1n) is 8.65. The summed E-state index contributed by atoms with van der Waals surface area (Å²) in [6.07, 6.45) is 0.147. The van der Waals surface area contributed by atoms with Gasteiger partial charge in [-0.2, -0.15) is 0 Å². The minimum absolute atomic E-state index is 0.134. The van der Waals surface area contributed by atoms with Crippen LogP contribution in [0.3, 0.4) is 0 Å². The van der Waals surface area contributed by atoms with Crippen LogP contribution in [0.25, 0.3) is 10.9 Å². The van der Waals surface area contributed by atoms with E-state index in [-0.39, 0.29) is 23.9 Å². The largest absolute Gasteiger partial charge is 0.494 e. The van der Waals surface area contributed by atoms with Gasteiger partial charge < -0.3 is 14.0 Å². The molecular weight excluding hydrogens is 330 g/mol. The van der Waals surface area contributed by atoms with Crippen molar-refractivity contribution in [3.8, 4) is 11.5 Å². The number of nitrogens with zero attached hydrogens (tertiary/aromatic N) is 1. The summed E-state index contributed by atoms with van der Waals surface area (Å²) in [7, 11) is 1.75. The molecule has 2 heterocycles. The van der Waals surface area contributed by atoms with E-state index < -0.39 is 0 Å². The third-order valence-corrected chi connectivity index (χ3v) is 4.82. The minimum atomic E-state index is -0.328. The Balaban J connectivity index is 1.93. The molecular formula is C21H19NO4. The third kappa shape index (κ3) is 2.56. The topological polar surface area (TPSA) is 57.5 Å². The van der Waals surface area contributed by atoms with E-state index in [1.54, 1.807) is 11.6 Å². The fourth-order valence-corrected chi connectivity index (χ4v) is 3.58. The zero-order valence-electron chi connectivity index (χ0n) is 14.7. The second-order valence-corrected chi connectivity index (χ2v) is 6.36. The van der Waals surface area contributed by atoms with Gasteiger partial charge in [0, 0.05) is 18.4 Å². The maximum absolute atomic E-state index is 13.0. The summed E-state index contributed by atoms with van der Waals surface area (Å²) >= 11 is 0. The molecule has 1 unspecified atom stereocenters. The number of pyridine rings is 1. The molecule has 0 radical (unpaired) electrons. The van der Waals surface area contributed by atoms with Gasteiger partial charge in [0.1, 0.15) is 11.5 Å². The highest BCUT2D eigenvalue weighted by atomic mass is 16.5. The Morgan fingerprint density at radius 2 is 1.85 bits per heavy atom. The first-order valence-corrected chi connectivity index (χ1v) is 8.65. The number of carbonyl (C=O) groups excluding carboxylic acids is 1. The summed E-state index contributed by atoms with van der Waals surface area (Å²) in [6, 6.07) is 15.0. The molecule has 0 fully saturated rings. The van der Waals surface area contributed by atoms with Gasteiger partial charge in [0.2, 0.25) is 0 Å². The molecule has 0 N–H and O–H groups in total. The number of hydrogen-bond donors (Lipinski definition) is 0. The van der Waals surface area contributed by atoms with Crippen LogP contribution >= 0.6 is 0 Å². The minimum Gasteiger partial charge on any atom is -0.494 e. The first-order chi connectivity index (χ1) is 12.6. The summed E-state index contributed by atoms with van der Waals surface area (Å²) in [4.78, 5) is 25.3. The maximum atomic E-state index is 13.0. The highest BCUT2D eigenvalue weighted by Crippen LogP contribution is 2.40. The molecule has 5 heteroatoms. The molecule has 0 spiro atoms. The normalized spacial score (nSPS) is 16.2. The van der Waals surface area contributed by atoms with E-state index in [0.717, 1.165) is 22.2 Å². The van der Waals surface area contributed by atoms with Crippen LogP contribution in [0, 0.1) is 0 Å². The van der Waals surface area contributed by atoms with Gasteiger partial charge in [-0.25, -0.2) is 0 Å². The smallest absolute Gasteiger partial charge is 0.312 e. The zero-order valence-corrected chi connectivity index (χ0v) is 14.7. The van der Waals surface area contributed by atoms with E-state index in [0.29, 0.717) is 17.9 Å². The lowest BCUT2D eigenvalue weighted by molar-refractivity contribution is -0.135. The summed E-state index contributed by atoms with van der Waals surface area (Å²) in [5.74, 6) is 0.500. The van der Waals surface area contributed by atoms with Crippen molar-refractivity contribution in [2.45, 2.75) is 19.3 Å². The molecule has 0 saturated heterocycles. The highest BCUT2D eigenvalue weighted by Gasteiger charge is 2.33. The first kappa shape index (κ1) is 16.4. The molecule has 3 aromatic rings. The van der Waals surface area contributed by atoms with Crippen LogP contribution in [0.2, 0.25) is 0 Å². The zero-order chi connectivity index (χ0) is 18.3. The number of aromatic nitrogens is 1. The molecule has 132 valence electrons. The van der Waals surface area contributed by atoms with Gasteiger partial charge in [-0.1, -0.05) is 24.3 Å². The van der Waals surface area contributed by atoms with Crippen LogP contribution in [0.5, 0.6) is 11.5 Å². The predicted molar refractivity (Wildman–Crippen MR) is 98.9 cm³/mol.